The lowest BCUT2D eigenvalue weighted by atomic mass is 9.79. The summed E-state index contributed by atoms with van der Waals surface area (Å²) in [7, 11) is 1.69. The average molecular weight is 560 g/mol. The number of thiazole rings is 1. The summed E-state index contributed by atoms with van der Waals surface area (Å²) in [6.07, 6.45) is 11.6. The Morgan fingerprint density at radius 1 is 1.00 bits per heavy atom. The van der Waals surface area contributed by atoms with Crippen LogP contribution in [0, 0.1) is 18.8 Å². The fourth-order valence-corrected chi connectivity index (χ4v) is 7.63. The highest BCUT2D eigenvalue weighted by Gasteiger charge is 2.33. The first kappa shape index (κ1) is 27.4. The fourth-order valence-electron chi connectivity index (χ4n) is 6.54. The van der Waals surface area contributed by atoms with Crippen molar-refractivity contribution in [2.24, 2.45) is 11.8 Å². The number of hydrogen-bond donors (Lipinski definition) is 1. The molecule has 0 spiro atoms. The molecule has 3 aliphatic carbocycles. The van der Waals surface area contributed by atoms with Crippen LogP contribution in [0.15, 0.2) is 42.6 Å². The summed E-state index contributed by atoms with van der Waals surface area (Å²) in [5.74, 6) is 2.61. The molecule has 40 heavy (non-hydrogen) atoms. The summed E-state index contributed by atoms with van der Waals surface area (Å²) in [6.45, 7) is 2.76. The van der Waals surface area contributed by atoms with Gasteiger partial charge in [0.2, 0.25) is 5.91 Å². The quantitative estimate of drug-likeness (QED) is 0.314. The first-order valence-corrected chi connectivity index (χ1v) is 15.9. The molecule has 0 radical (unpaired) electrons. The van der Waals surface area contributed by atoms with Crippen molar-refractivity contribution >= 4 is 22.9 Å². The maximum Gasteiger partial charge on any atom is 0.230 e. The van der Waals surface area contributed by atoms with Gasteiger partial charge in [-0.15, -0.1) is 11.3 Å². The largest absolute Gasteiger partial charge is 0.495 e. The molecule has 3 saturated carbocycles. The van der Waals surface area contributed by atoms with E-state index in [0.717, 1.165) is 73.5 Å². The molecule has 2 aromatic heterocycles. The van der Waals surface area contributed by atoms with Gasteiger partial charge in [-0.2, -0.15) is 0 Å². The van der Waals surface area contributed by atoms with E-state index in [1.54, 1.807) is 18.4 Å². The Balaban J connectivity index is 1.19. The third kappa shape index (κ3) is 6.10. The first-order valence-electron chi connectivity index (χ1n) is 15.1. The highest BCUT2D eigenvalue weighted by atomic mass is 32.1. The van der Waals surface area contributed by atoms with Gasteiger partial charge < -0.3 is 14.7 Å². The van der Waals surface area contributed by atoms with Crippen LogP contribution in [0.3, 0.4) is 0 Å². The minimum absolute atomic E-state index is 0.0141. The predicted octanol–water partition coefficient (Wildman–Crippen LogP) is 7.26. The Bertz CT molecular complexity index is 1320. The number of aromatic nitrogens is 2. The van der Waals surface area contributed by atoms with Gasteiger partial charge in [0.15, 0.2) is 0 Å². The van der Waals surface area contributed by atoms with Gasteiger partial charge in [0.1, 0.15) is 5.75 Å². The zero-order valence-corrected chi connectivity index (χ0v) is 24.5. The van der Waals surface area contributed by atoms with Gasteiger partial charge in [0, 0.05) is 41.9 Å². The van der Waals surface area contributed by atoms with E-state index in [0.29, 0.717) is 30.6 Å². The Kier molecular flexibility index (Phi) is 8.22. The molecule has 0 saturated heterocycles. The molecule has 1 N–H and O–H groups in total. The Hall–Kier alpha value is -2.77. The number of aliphatic hydroxyl groups is 1. The third-order valence-electron chi connectivity index (χ3n) is 9.19. The normalized spacial score (nSPS) is 25.0. The molecule has 7 heteroatoms. The zero-order chi connectivity index (χ0) is 27.6. The maximum atomic E-state index is 14.0. The molecule has 6 nitrogen and oxygen atoms in total. The van der Waals surface area contributed by atoms with Gasteiger partial charge in [-0.05, 0) is 107 Å². The van der Waals surface area contributed by atoms with Crippen LogP contribution in [0.2, 0.25) is 0 Å². The topological polar surface area (TPSA) is 75.5 Å². The number of pyridine rings is 1. The van der Waals surface area contributed by atoms with Crippen molar-refractivity contribution in [3.8, 4) is 16.2 Å². The number of carbonyl (C=O) groups excluding carboxylic acids is 1. The molecule has 0 atom stereocenters. The summed E-state index contributed by atoms with van der Waals surface area (Å²) in [5.41, 5.74) is 4.24. The molecule has 1 amide bonds. The van der Waals surface area contributed by atoms with E-state index in [1.165, 1.54) is 22.7 Å². The summed E-state index contributed by atoms with van der Waals surface area (Å²) < 4.78 is 5.40. The lowest BCUT2D eigenvalue weighted by Gasteiger charge is -2.35. The molecular formula is C33H41N3O3S. The van der Waals surface area contributed by atoms with Crippen LogP contribution < -0.4 is 9.64 Å². The second-order valence-corrected chi connectivity index (χ2v) is 13.1. The molecule has 212 valence electrons. The van der Waals surface area contributed by atoms with Gasteiger partial charge in [0.05, 0.1) is 28.8 Å². The summed E-state index contributed by atoms with van der Waals surface area (Å²) in [6, 6.07) is 12.7. The average Bonchev–Trinajstić information content (AvgIpc) is 3.72. The molecule has 3 fully saturated rings. The van der Waals surface area contributed by atoms with Gasteiger partial charge >= 0.3 is 0 Å². The third-order valence-corrected chi connectivity index (χ3v) is 10.4. The van der Waals surface area contributed by atoms with Gasteiger partial charge in [-0.1, -0.05) is 12.1 Å². The van der Waals surface area contributed by atoms with Crippen LogP contribution in [0.5, 0.6) is 5.75 Å². The van der Waals surface area contributed by atoms with E-state index >= 15 is 0 Å². The van der Waals surface area contributed by atoms with Crippen LogP contribution in [0.25, 0.3) is 10.4 Å². The van der Waals surface area contributed by atoms with Crippen LogP contribution >= 0.6 is 11.3 Å². The number of methoxy groups -OCH3 is 1. The smallest absolute Gasteiger partial charge is 0.230 e. The number of benzene rings is 1. The van der Waals surface area contributed by atoms with E-state index in [4.69, 9.17) is 9.72 Å². The van der Waals surface area contributed by atoms with E-state index in [2.05, 4.69) is 40.2 Å². The standard InChI is InChI=1S/C33H41N3O3S/c1-21-30(39-2)17-16-29(35-21)23-8-6-22(7-9-23)20-36(33(38)25-12-14-28(37)15-13-25)27-5-3-4-26(18-27)31-19-34-32(40-31)24-10-11-24/h3-5,16-19,22-25,28,37H,6-15,20H2,1-2H3/t22-,23-,25-,28-. The maximum absolute atomic E-state index is 14.0. The predicted molar refractivity (Wildman–Crippen MR) is 160 cm³/mol. The SMILES string of the molecule is COc1ccc([C@H]2CC[C@H](CN(c3cccc(-c4cnc(C5CC5)s4)c3)C(=O)[C@H]3CC[C@H](O)CC3)CC2)nc1C. The number of amides is 1. The van der Waals surface area contributed by atoms with Gasteiger partial charge in [-0.3, -0.25) is 9.78 Å². The molecule has 2 heterocycles. The van der Waals surface area contributed by atoms with E-state index < -0.39 is 0 Å². The minimum atomic E-state index is -0.265. The zero-order valence-electron chi connectivity index (χ0n) is 23.7. The van der Waals surface area contributed by atoms with Crippen molar-refractivity contribution < 1.29 is 14.6 Å². The number of aliphatic hydroxyl groups excluding tert-OH is 1. The van der Waals surface area contributed by atoms with Crippen molar-refractivity contribution in [3.05, 3.63) is 59.0 Å². The first-order chi connectivity index (χ1) is 19.5. The molecule has 0 bridgehead atoms. The summed E-state index contributed by atoms with van der Waals surface area (Å²) in [5, 5.41) is 11.3. The number of aryl methyl sites for hydroxylation is 1. The highest BCUT2D eigenvalue weighted by Crippen LogP contribution is 2.44. The number of ether oxygens (including phenoxy) is 1. The van der Waals surface area contributed by atoms with Crippen molar-refractivity contribution in [1.82, 2.24) is 9.97 Å². The minimum Gasteiger partial charge on any atom is -0.495 e. The Morgan fingerprint density at radius 3 is 2.45 bits per heavy atom. The van der Waals surface area contributed by atoms with Crippen molar-refractivity contribution in [1.29, 1.82) is 0 Å². The molecule has 3 aliphatic rings. The van der Waals surface area contributed by atoms with Gasteiger partial charge in [0.25, 0.3) is 0 Å². The Morgan fingerprint density at radius 2 is 1.75 bits per heavy atom. The van der Waals surface area contributed by atoms with E-state index in [1.807, 2.05) is 19.2 Å². The van der Waals surface area contributed by atoms with Gasteiger partial charge in [-0.25, -0.2) is 4.98 Å². The fraction of sp³-hybridized carbons (Fsp3) is 0.545. The summed E-state index contributed by atoms with van der Waals surface area (Å²) in [4.78, 5) is 26.8. The molecule has 1 aromatic carbocycles. The second-order valence-electron chi connectivity index (χ2n) is 12.1. The number of hydrogen-bond acceptors (Lipinski definition) is 6. The number of carbonyl (C=O) groups is 1. The Labute approximate surface area is 241 Å². The van der Waals surface area contributed by atoms with Crippen molar-refractivity contribution in [2.75, 3.05) is 18.6 Å². The van der Waals surface area contributed by atoms with Crippen LogP contribution in [-0.4, -0.2) is 40.7 Å². The van der Waals surface area contributed by atoms with Crippen LogP contribution in [0.4, 0.5) is 5.69 Å². The molecule has 6 rings (SSSR count). The number of rotatable bonds is 8. The second kappa shape index (κ2) is 12.0. The van der Waals surface area contributed by atoms with E-state index in [-0.39, 0.29) is 17.9 Å². The molecule has 3 aromatic rings. The number of nitrogens with zero attached hydrogens (tertiary/aromatic N) is 3. The van der Waals surface area contributed by atoms with E-state index in [9.17, 15) is 9.90 Å². The molecule has 0 unspecified atom stereocenters. The lowest BCUT2D eigenvalue weighted by molar-refractivity contribution is -0.124. The monoisotopic (exact) mass is 559 g/mol. The summed E-state index contributed by atoms with van der Waals surface area (Å²) >= 11 is 1.79. The van der Waals surface area contributed by atoms with Crippen molar-refractivity contribution in [3.63, 3.8) is 0 Å². The highest BCUT2D eigenvalue weighted by molar-refractivity contribution is 7.15. The van der Waals surface area contributed by atoms with Crippen molar-refractivity contribution in [2.45, 2.75) is 89.1 Å². The number of anilines is 1. The molecular weight excluding hydrogens is 518 g/mol. The lowest BCUT2D eigenvalue weighted by Crippen LogP contribution is -2.41. The molecule has 0 aliphatic heterocycles. The van der Waals surface area contributed by atoms with Crippen LogP contribution in [-0.2, 0) is 4.79 Å². The van der Waals surface area contributed by atoms with Crippen LogP contribution in [0.1, 0.15) is 92.4 Å².